The van der Waals surface area contributed by atoms with Gasteiger partial charge in [-0.1, -0.05) is 113 Å². The van der Waals surface area contributed by atoms with Crippen molar-refractivity contribution in [3.05, 3.63) is 35.9 Å². The van der Waals surface area contributed by atoms with Crippen molar-refractivity contribution in [1.82, 2.24) is 4.48 Å². The fraction of sp³-hybridized carbons (Fsp3) is 0.769. The van der Waals surface area contributed by atoms with E-state index in [4.69, 9.17) is 9.08 Å². The Kier molecular flexibility index (Phi) is 9.48. The number of hydrogen-bond acceptors (Lipinski definition) is 3. The summed E-state index contributed by atoms with van der Waals surface area (Å²) in [5, 5.41) is 0. The Morgan fingerprint density at radius 2 is 1.16 bits per heavy atom. The highest BCUT2D eigenvalue weighted by Gasteiger charge is 2.57. The molecule has 2 atom stereocenters. The van der Waals surface area contributed by atoms with Crippen molar-refractivity contribution in [1.29, 1.82) is 0 Å². The molecule has 0 amide bonds. The van der Waals surface area contributed by atoms with Crippen LogP contribution in [0.3, 0.4) is 0 Å². The predicted octanol–water partition coefficient (Wildman–Crippen LogP) is 8.29. The Bertz CT molecular complexity index is 665. The minimum Gasteiger partial charge on any atom is -0.398 e. The van der Waals surface area contributed by atoms with Crippen molar-refractivity contribution in [2.75, 3.05) is 0 Å². The molecule has 32 heavy (non-hydrogen) atoms. The highest BCUT2D eigenvalue weighted by Crippen LogP contribution is 2.52. The van der Waals surface area contributed by atoms with Crippen LogP contribution < -0.4 is 0 Å². The van der Waals surface area contributed by atoms with Crippen LogP contribution >= 0.6 is 0 Å². The maximum absolute atomic E-state index is 7.28. The fourth-order valence-electron chi connectivity index (χ4n) is 7.29. The number of rotatable bonds is 10. The monoisotopic (exact) mass is 474 g/mol. The van der Waals surface area contributed by atoms with E-state index in [0.29, 0.717) is 33.2 Å². The molecular weight excluding hydrogens is 425 g/mol. The molecule has 1 aliphatic heterocycles. The molecule has 0 aliphatic carbocycles. The minimum absolute atomic E-state index is 0.109. The lowest BCUT2D eigenvalue weighted by atomic mass is 10.1. The SMILES string of the molecule is CC(C)[Si](O[C@@H]1O[B]N([Si](C(C)C)(C(C)C)C(C)C)[C@H]1c1ccccc1)(C(C)C)C(C)C. The van der Waals surface area contributed by atoms with E-state index >= 15 is 0 Å². The van der Waals surface area contributed by atoms with Gasteiger partial charge >= 0.3 is 7.62 Å². The van der Waals surface area contributed by atoms with Crippen LogP contribution in [0.4, 0.5) is 0 Å². The van der Waals surface area contributed by atoms with Crippen LogP contribution in [0.2, 0.25) is 33.2 Å². The highest BCUT2D eigenvalue weighted by molar-refractivity contribution is 6.85. The summed E-state index contributed by atoms with van der Waals surface area (Å²) in [5.41, 5.74) is 4.71. The molecule has 1 saturated heterocycles. The summed E-state index contributed by atoms with van der Waals surface area (Å²) in [5.74, 6) is 0. The first-order valence-corrected chi connectivity index (χ1v) is 17.2. The Balaban J connectivity index is 2.64. The molecule has 0 unspecified atom stereocenters. The van der Waals surface area contributed by atoms with Gasteiger partial charge in [-0.15, -0.1) is 0 Å². The molecule has 0 saturated carbocycles. The molecule has 1 aliphatic rings. The number of benzene rings is 1. The minimum atomic E-state index is -2.09. The lowest BCUT2D eigenvalue weighted by molar-refractivity contribution is -0.0136. The van der Waals surface area contributed by atoms with E-state index in [-0.39, 0.29) is 12.3 Å². The molecule has 181 valence electrons. The van der Waals surface area contributed by atoms with Crippen LogP contribution in [-0.4, -0.2) is 34.9 Å². The third-order valence-electron chi connectivity index (χ3n) is 8.26. The van der Waals surface area contributed by atoms with Crippen LogP contribution in [0.5, 0.6) is 0 Å². The van der Waals surface area contributed by atoms with Gasteiger partial charge in [0, 0.05) is 0 Å². The smallest absolute Gasteiger partial charge is 0.393 e. The number of hydrogen-bond donors (Lipinski definition) is 0. The van der Waals surface area contributed by atoms with E-state index in [1.54, 1.807) is 0 Å². The normalized spacial score (nSPS) is 21.1. The Hall–Kier alpha value is -0.401. The first kappa shape index (κ1) is 27.8. The molecule has 0 spiro atoms. The summed E-state index contributed by atoms with van der Waals surface area (Å²) < 4.78 is 16.5. The van der Waals surface area contributed by atoms with Crippen molar-refractivity contribution in [3.63, 3.8) is 0 Å². The van der Waals surface area contributed by atoms with Gasteiger partial charge in [0.05, 0.1) is 6.04 Å². The van der Waals surface area contributed by atoms with E-state index in [2.05, 4.69) is 126 Å². The Morgan fingerprint density at radius 1 is 0.719 bits per heavy atom. The molecule has 3 nitrogen and oxygen atoms in total. The molecule has 0 bridgehead atoms. The van der Waals surface area contributed by atoms with E-state index in [0.717, 1.165) is 0 Å². The van der Waals surface area contributed by atoms with Crippen molar-refractivity contribution in [2.45, 2.75) is 129 Å². The zero-order chi connectivity index (χ0) is 24.4. The number of nitrogens with zero attached hydrogens (tertiary/aromatic N) is 1. The molecule has 1 heterocycles. The van der Waals surface area contributed by atoms with Crippen LogP contribution in [-0.2, 0) is 9.08 Å². The maximum Gasteiger partial charge on any atom is 0.393 e. The fourth-order valence-corrected chi connectivity index (χ4v) is 19.5. The van der Waals surface area contributed by atoms with Gasteiger partial charge in [0.15, 0.2) is 6.29 Å². The highest BCUT2D eigenvalue weighted by atomic mass is 28.4. The third-order valence-corrected chi connectivity index (χ3v) is 21.1. The van der Waals surface area contributed by atoms with Gasteiger partial charge in [-0.05, 0) is 38.8 Å². The molecule has 0 aromatic heterocycles. The zero-order valence-electron chi connectivity index (χ0n) is 22.8. The second kappa shape index (κ2) is 10.9. The topological polar surface area (TPSA) is 21.7 Å². The van der Waals surface area contributed by atoms with E-state index in [9.17, 15) is 0 Å². The van der Waals surface area contributed by atoms with E-state index in [1.165, 1.54) is 5.56 Å². The van der Waals surface area contributed by atoms with Gasteiger partial charge in [0.25, 0.3) is 0 Å². The summed E-state index contributed by atoms with van der Waals surface area (Å²) in [6, 6.07) is 11.1. The van der Waals surface area contributed by atoms with Crippen molar-refractivity contribution in [2.24, 2.45) is 0 Å². The van der Waals surface area contributed by atoms with E-state index in [1.807, 2.05) is 0 Å². The van der Waals surface area contributed by atoms with E-state index < -0.39 is 16.6 Å². The molecule has 1 radical (unpaired) electrons. The van der Waals surface area contributed by atoms with Gasteiger partial charge in [-0.2, -0.15) is 0 Å². The van der Waals surface area contributed by atoms with Crippen LogP contribution in [0.25, 0.3) is 0 Å². The molecular formula is C26H49BNO2Si2. The third kappa shape index (κ3) is 4.72. The van der Waals surface area contributed by atoms with Gasteiger partial charge in [-0.3, -0.25) is 0 Å². The van der Waals surface area contributed by atoms with Gasteiger partial charge in [-0.25, -0.2) is 0 Å². The summed E-state index contributed by atoms with van der Waals surface area (Å²) in [6.45, 7) is 28.7. The summed E-state index contributed by atoms with van der Waals surface area (Å²) in [6.07, 6.45) is -0.251. The predicted molar refractivity (Wildman–Crippen MR) is 145 cm³/mol. The molecule has 1 aromatic rings. The Morgan fingerprint density at radius 3 is 1.53 bits per heavy atom. The Labute approximate surface area is 202 Å². The first-order chi connectivity index (χ1) is 14.8. The lowest BCUT2D eigenvalue weighted by Gasteiger charge is -2.52. The summed E-state index contributed by atoms with van der Waals surface area (Å²) in [7, 11) is -1.97. The van der Waals surface area contributed by atoms with Crippen molar-refractivity contribution < 1.29 is 9.08 Å². The van der Waals surface area contributed by atoms with Gasteiger partial charge < -0.3 is 13.6 Å². The largest absolute Gasteiger partial charge is 0.398 e. The van der Waals surface area contributed by atoms with Crippen molar-refractivity contribution >= 4 is 24.2 Å². The average Bonchev–Trinajstić information content (AvgIpc) is 3.08. The molecule has 2 rings (SSSR count). The molecule has 1 fully saturated rings. The van der Waals surface area contributed by atoms with Gasteiger partial charge in [0.2, 0.25) is 8.32 Å². The van der Waals surface area contributed by atoms with Crippen LogP contribution in [0.1, 0.15) is 94.7 Å². The van der Waals surface area contributed by atoms with Gasteiger partial charge in [0.1, 0.15) is 8.24 Å². The van der Waals surface area contributed by atoms with Crippen molar-refractivity contribution in [3.8, 4) is 0 Å². The summed E-state index contributed by atoms with van der Waals surface area (Å²) in [4.78, 5) is 0. The molecule has 1 aromatic carbocycles. The quantitative estimate of drug-likeness (QED) is 0.318. The van der Waals surface area contributed by atoms with Crippen LogP contribution in [0, 0.1) is 0 Å². The van der Waals surface area contributed by atoms with Crippen LogP contribution in [0.15, 0.2) is 30.3 Å². The molecule has 0 N–H and O–H groups in total. The zero-order valence-corrected chi connectivity index (χ0v) is 24.8. The standard InChI is InChI=1S/C26H49BNO2Si2/c1-18(2)31(19(3)4,20(5)6)28-25(24-16-14-13-15-17-24)26(29-27-28)30-32(21(7)8,22(9)10)23(11)12/h13-23,25-26H,1-12H3/t25-,26-/m0/s1. The summed E-state index contributed by atoms with van der Waals surface area (Å²) >= 11 is 0. The maximum atomic E-state index is 7.28. The molecule has 6 heteroatoms. The lowest BCUT2D eigenvalue weighted by Crippen LogP contribution is -2.61. The second-order valence-corrected chi connectivity index (χ2v) is 22.8. The second-order valence-electron chi connectivity index (χ2n) is 11.7. The first-order valence-electron chi connectivity index (χ1n) is 12.8. The average molecular weight is 475 g/mol.